The van der Waals surface area contributed by atoms with Gasteiger partial charge in [0.2, 0.25) is 0 Å². The van der Waals surface area contributed by atoms with Gasteiger partial charge in [-0.05, 0) is 12.8 Å². The lowest BCUT2D eigenvalue weighted by molar-refractivity contribution is -0.121. The number of Topliss-reactive ketones (excluding diaryl/α,β-unsaturated/α-hetero) is 1. The molecule has 4 nitrogen and oxygen atoms in total. The predicted octanol–water partition coefficient (Wildman–Crippen LogP) is 0.647. The molecule has 0 aromatic carbocycles. The molecule has 1 aromatic heterocycles. The Hall–Kier alpha value is -1.19. The smallest absolute Gasteiger partial charge is 0.137 e. The summed E-state index contributed by atoms with van der Waals surface area (Å²) >= 11 is 0. The Morgan fingerprint density at radius 2 is 2.58 bits per heavy atom. The van der Waals surface area contributed by atoms with E-state index in [-0.39, 0.29) is 5.92 Å². The van der Waals surface area contributed by atoms with Gasteiger partial charge < -0.3 is 0 Å². The maximum absolute atomic E-state index is 11.2. The molecule has 1 atom stereocenters. The summed E-state index contributed by atoms with van der Waals surface area (Å²) in [6.07, 6.45) is 5.96. The van der Waals surface area contributed by atoms with Gasteiger partial charge in [0, 0.05) is 12.3 Å². The lowest BCUT2D eigenvalue weighted by Crippen LogP contribution is -2.14. The molecule has 1 heterocycles. The molecule has 1 aliphatic rings. The summed E-state index contributed by atoms with van der Waals surface area (Å²) in [5.74, 6) is 0.567. The molecule has 64 valence electrons. The van der Waals surface area contributed by atoms with Crippen molar-refractivity contribution in [3.05, 3.63) is 12.7 Å². The zero-order valence-electron chi connectivity index (χ0n) is 6.81. The van der Waals surface area contributed by atoms with E-state index in [2.05, 4.69) is 10.1 Å². The Balaban J connectivity index is 1.99. The third-order valence-electron chi connectivity index (χ3n) is 2.31. The molecule has 0 amide bonds. The SMILES string of the molecule is O=C1CCCC1Cn1cncn1. The summed E-state index contributed by atoms with van der Waals surface area (Å²) < 4.78 is 1.73. The van der Waals surface area contributed by atoms with Crippen molar-refractivity contribution in [1.82, 2.24) is 14.8 Å². The van der Waals surface area contributed by atoms with Crippen molar-refractivity contribution in [1.29, 1.82) is 0 Å². The molecule has 4 heteroatoms. The highest BCUT2D eigenvalue weighted by atomic mass is 16.1. The Labute approximate surface area is 70.6 Å². The normalized spacial score (nSPS) is 23.3. The van der Waals surface area contributed by atoms with Gasteiger partial charge in [-0.3, -0.25) is 9.48 Å². The fourth-order valence-corrected chi connectivity index (χ4v) is 1.63. The summed E-state index contributed by atoms with van der Waals surface area (Å²) in [6, 6.07) is 0. The molecule has 1 aliphatic carbocycles. The van der Waals surface area contributed by atoms with E-state index in [0.29, 0.717) is 12.3 Å². The number of hydrogen-bond donors (Lipinski definition) is 0. The molecule has 1 saturated carbocycles. The quantitative estimate of drug-likeness (QED) is 0.646. The number of nitrogens with zero attached hydrogens (tertiary/aromatic N) is 3. The van der Waals surface area contributed by atoms with Gasteiger partial charge in [0.1, 0.15) is 18.4 Å². The lowest BCUT2D eigenvalue weighted by Gasteiger charge is -2.05. The van der Waals surface area contributed by atoms with Crippen LogP contribution >= 0.6 is 0 Å². The molecule has 0 aliphatic heterocycles. The van der Waals surface area contributed by atoms with Gasteiger partial charge in [-0.1, -0.05) is 0 Å². The monoisotopic (exact) mass is 165 g/mol. The average molecular weight is 165 g/mol. The third-order valence-corrected chi connectivity index (χ3v) is 2.31. The van der Waals surface area contributed by atoms with Crippen LogP contribution in [0.4, 0.5) is 0 Å². The Morgan fingerprint density at radius 1 is 1.67 bits per heavy atom. The molecular weight excluding hydrogens is 154 g/mol. The van der Waals surface area contributed by atoms with E-state index in [1.807, 2.05) is 0 Å². The molecule has 1 fully saturated rings. The minimum absolute atomic E-state index is 0.187. The zero-order chi connectivity index (χ0) is 8.39. The summed E-state index contributed by atoms with van der Waals surface area (Å²) in [6.45, 7) is 0.707. The standard InChI is InChI=1S/C8H11N3O/c12-8-3-1-2-7(8)4-11-6-9-5-10-11/h5-7H,1-4H2. The summed E-state index contributed by atoms with van der Waals surface area (Å²) in [5, 5.41) is 3.97. The van der Waals surface area contributed by atoms with E-state index in [0.717, 1.165) is 19.3 Å². The second-order valence-corrected chi connectivity index (χ2v) is 3.17. The maximum atomic E-state index is 11.2. The Morgan fingerprint density at radius 3 is 3.17 bits per heavy atom. The van der Waals surface area contributed by atoms with Gasteiger partial charge >= 0.3 is 0 Å². The fraction of sp³-hybridized carbons (Fsp3) is 0.625. The number of rotatable bonds is 2. The van der Waals surface area contributed by atoms with Crippen molar-refractivity contribution in [3.8, 4) is 0 Å². The van der Waals surface area contributed by atoms with Crippen LogP contribution in [0.2, 0.25) is 0 Å². The van der Waals surface area contributed by atoms with Gasteiger partial charge in [0.15, 0.2) is 0 Å². The van der Waals surface area contributed by atoms with Crippen LogP contribution in [-0.2, 0) is 11.3 Å². The van der Waals surface area contributed by atoms with Crippen LogP contribution in [0.15, 0.2) is 12.7 Å². The average Bonchev–Trinajstić information content (AvgIpc) is 2.65. The van der Waals surface area contributed by atoms with Gasteiger partial charge in [-0.2, -0.15) is 5.10 Å². The van der Waals surface area contributed by atoms with Crippen molar-refractivity contribution in [3.63, 3.8) is 0 Å². The molecule has 0 spiro atoms. The van der Waals surface area contributed by atoms with Crippen LogP contribution in [0.3, 0.4) is 0 Å². The highest BCUT2D eigenvalue weighted by Gasteiger charge is 2.24. The minimum Gasteiger partial charge on any atom is -0.299 e. The van der Waals surface area contributed by atoms with E-state index >= 15 is 0 Å². The van der Waals surface area contributed by atoms with Crippen molar-refractivity contribution < 1.29 is 4.79 Å². The van der Waals surface area contributed by atoms with Gasteiger partial charge in [-0.25, -0.2) is 4.98 Å². The number of aromatic nitrogens is 3. The highest BCUT2D eigenvalue weighted by molar-refractivity contribution is 5.82. The van der Waals surface area contributed by atoms with E-state index in [1.165, 1.54) is 6.33 Å². The number of carbonyl (C=O) groups excluding carboxylic acids is 1. The first-order valence-corrected chi connectivity index (χ1v) is 4.21. The molecular formula is C8H11N3O. The van der Waals surface area contributed by atoms with Crippen molar-refractivity contribution in [2.75, 3.05) is 0 Å². The summed E-state index contributed by atoms with van der Waals surface area (Å²) in [7, 11) is 0. The fourth-order valence-electron chi connectivity index (χ4n) is 1.63. The maximum Gasteiger partial charge on any atom is 0.137 e. The first-order valence-electron chi connectivity index (χ1n) is 4.21. The van der Waals surface area contributed by atoms with Crippen molar-refractivity contribution in [2.24, 2.45) is 5.92 Å². The zero-order valence-corrected chi connectivity index (χ0v) is 6.81. The van der Waals surface area contributed by atoms with Crippen molar-refractivity contribution >= 4 is 5.78 Å². The molecule has 0 bridgehead atoms. The molecule has 0 radical (unpaired) electrons. The third kappa shape index (κ3) is 1.37. The Kier molecular flexibility index (Phi) is 1.89. The van der Waals surface area contributed by atoms with E-state index < -0.39 is 0 Å². The highest BCUT2D eigenvalue weighted by Crippen LogP contribution is 2.22. The minimum atomic E-state index is 0.187. The van der Waals surface area contributed by atoms with E-state index in [9.17, 15) is 4.79 Å². The van der Waals surface area contributed by atoms with Gasteiger partial charge in [-0.15, -0.1) is 0 Å². The second-order valence-electron chi connectivity index (χ2n) is 3.17. The van der Waals surface area contributed by atoms with Crippen LogP contribution in [0.5, 0.6) is 0 Å². The van der Waals surface area contributed by atoms with Crippen LogP contribution in [0, 0.1) is 5.92 Å². The molecule has 1 unspecified atom stereocenters. The molecule has 1 aromatic rings. The molecule has 12 heavy (non-hydrogen) atoms. The van der Waals surface area contributed by atoms with Gasteiger partial charge in [0.05, 0.1) is 6.54 Å². The van der Waals surface area contributed by atoms with Crippen molar-refractivity contribution in [2.45, 2.75) is 25.8 Å². The van der Waals surface area contributed by atoms with E-state index in [1.54, 1.807) is 11.0 Å². The van der Waals surface area contributed by atoms with Crippen LogP contribution in [0.1, 0.15) is 19.3 Å². The number of ketones is 1. The predicted molar refractivity (Wildman–Crippen MR) is 42.4 cm³/mol. The van der Waals surface area contributed by atoms with E-state index in [4.69, 9.17) is 0 Å². The summed E-state index contributed by atoms with van der Waals surface area (Å²) in [4.78, 5) is 15.1. The molecule has 2 rings (SSSR count). The molecule has 0 saturated heterocycles. The first-order chi connectivity index (χ1) is 5.86. The summed E-state index contributed by atoms with van der Waals surface area (Å²) in [5.41, 5.74) is 0. The largest absolute Gasteiger partial charge is 0.299 e. The topological polar surface area (TPSA) is 47.8 Å². The number of hydrogen-bond acceptors (Lipinski definition) is 3. The van der Waals surface area contributed by atoms with Crippen LogP contribution in [0.25, 0.3) is 0 Å². The van der Waals surface area contributed by atoms with Gasteiger partial charge in [0.25, 0.3) is 0 Å². The van der Waals surface area contributed by atoms with Crippen LogP contribution in [-0.4, -0.2) is 20.5 Å². The first kappa shape index (κ1) is 7.46. The number of carbonyl (C=O) groups is 1. The lowest BCUT2D eigenvalue weighted by atomic mass is 10.1. The van der Waals surface area contributed by atoms with Crippen LogP contribution < -0.4 is 0 Å². The molecule has 0 N–H and O–H groups in total. The Bertz CT molecular complexity index is 268. The second kappa shape index (κ2) is 3.05.